The molecule has 7 nitrogen and oxygen atoms in total. The van der Waals surface area contributed by atoms with Crippen molar-refractivity contribution in [3.05, 3.63) is 61.2 Å². The number of carbonyl (C=O) groups is 1. The first kappa shape index (κ1) is 21.4. The van der Waals surface area contributed by atoms with Gasteiger partial charge >= 0.3 is 0 Å². The zero-order valence-electron chi connectivity index (χ0n) is 17.3. The standard InChI is InChI=1S/C22H25N5O2S/c1-5-14-27-21(16-6-12-19(29-4)13-7-16)24-25-22(27)30-15-20(28)23-17-8-10-18(11-9-17)26(2)3/h5-13H,1,14-15H2,2-4H3,(H,23,28). The average molecular weight is 424 g/mol. The summed E-state index contributed by atoms with van der Waals surface area (Å²) in [6.07, 6.45) is 1.78. The maximum absolute atomic E-state index is 12.4. The molecule has 2 aromatic carbocycles. The minimum absolute atomic E-state index is 0.100. The monoisotopic (exact) mass is 423 g/mol. The van der Waals surface area contributed by atoms with Crippen molar-refractivity contribution >= 4 is 29.0 Å². The molecule has 1 aromatic heterocycles. The van der Waals surface area contributed by atoms with Crippen LogP contribution in [0, 0.1) is 0 Å². The van der Waals surface area contributed by atoms with Gasteiger partial charge in [-0.3, -0.25) is 9.36 Å². The summed E-state index contributed by atoms with van der Waals surface area (Å²) >= 11 is 1.34. The molecule has 1 amide bonds. The molecule has 0 aliphatic rings. The van der Waals surface area contributed by atoms with Crippen LogP contribution in [0.15, 0.2) is 66.3 Å². The second-order valence-corrected chi connectivity index (χ2v) is 7.65. The van der Waals surface area contributed by atoms with E-state index in [0.29, 0.717) is 11.7 Å². The summed E-state index contributed by atoms with van der Waals surface area (Å²) in [5.74, 6) is 1.63. The van der Waals surface area contributed by atoms with Gasteiger partial charge in [0.25, 0.3) is 0 Å². The van der Waals surface area contributed by atoms with E-state index >= 15 is 0 Å². The lowest BCUT2D eigenvalue weighted by molar-refractivity contribution is -0.113. The largest absolute Gasteiger partial charge is 0.497 e. The van der Waals surface area contributed by atoms with Crippen molar-refractivity contribution in [2.75, 3.05) is 37.2 Å². The first-order valence-electron chi connectivity index (χ1n) is 9.40. The lowest BCUT2D eigenvalue weighted by Crippen LogP contribution is -2.15. The van der Waals surface area contributed by atoms with Crippen LogP contribution in [0.5, 0.6) is 5.75 Å². The van der Waals surface area contributed by atoms with Gasteiger partial charge in [0, 0.05) is 37.6 Å². The van der Waals surface area contributed by atoms with E-state index in [1.165, 1.54) is 11.8 Å². The maximum atomic E-state index is 12.4. The third-order valence-electron chi connectivity index (χ3n) is 4.38. The topological polar surface area (TPSA) is 72.3 Å². The van der Waals surface area contributed by atoms with Crippen LogP contribution in [0.25, 0.3) is 11.4 Å². The Morgan fingerprint density at radius 1 is 1.17 bits per heavy atom. The molecule has 8 heteroatoms. The van der Waals surface area contributed by atoms with Gasteiger partial charge in [0.05, 0.1) is 12.9 Å². The Balaban J connectivity index is 1.67. The van der Waals surface area contributed by atoms with Gasteiger partial charge in [-0.05, 0) is 48.5 Å². The quantitative estimate of drug-likeness (QED) is 0.415. The van der Waals surface area contributed by atoms with Crippen molar-refractivity contribution in [1.29, 1.82) is 0 Å². The Labute approximate surface area is 180 Å². The van der Waals surface area contributed by atoms with Gasteiger partial charge in [-0.15, -0.1) is 16.8 Å². The summed E-state index contributed by atoms with van der Waals surface area (Å²) in [5.41, 5.74) is 2.76. The molecule has 0 bridgehead atoms. The number of carbonyl (C=O) groups excluding carboxylic acids is 1. The summed E-state index contributed by atoms with van der Waals surface area (Å²) in [6, 6.07) is 15.3. The molecule has 0 radical (unpaired) electrons. The molecule has 1 N–H and O–H groups in total. The molecule has 3 aromatic rings. The van der Waals surface area contributed by atoms with Crippen molar-refractivity contribution in [3.63, 3.8) is 0 Å². The van der Waals surface area contributed by atoms with Crippen LogP contribution in [0.4, 0.5) is 11.4 Å². The van der Waals surface area contributed by atoms with Gasteiger partial charge in [0.15, 0.2) is 11.0 Å². The van der Waals surface area contributed by atoms with Crippen molar-refractivity contribution in [3.8, 4) is 17.1 Å². The Morgan fingerprint density at radius 3 is 2.47 bits per heavy atom. The van der Waals surface area contributed by atoms with E-state index in [1.54, 1.807) is 13.2 Å². The molecular weight excluding hydrogens is 398 g/mol. The number of hydrogen-bond acceptors (Lipinski definition) is 6. The fourth-order valence-corrected chi connectivity index (χ4v) is 3.56. The second-order valence-electron chi connectivity index (χ2n) is 6.71. The summed E-state index contributed by atoms with van der Waals surface area (Å²) in [7, 11) is 5.58. The van der Waals surface area contributed by atoms with E-state index < -0.39 is 0 Å². The zero-order chi connectivity index (χ0) is 21.5. The number of rotatable bonds is 9. The van der Waals surface area contributed by atoms with Crippen LogP contribution in [0.2, 0.25) is 0 Å². The number of ether oxygens (including phenoxy) is 1. The molecular formula is C22H25N5O2S. The van der Waals surface area contributed by atoms with Gasteiger partial charge < -0.3 is 15.0 Å². The zero-order valence-corrected chi connectivity index (χ0v) is 18.1. The van der Waals surface area contributed by atoms with E-state index in [9.17, 15) is 4.79 Å². The summed E-state index contributed by atoms with van der Waals surface area (Å²) in [5, 5.41) is 12.2. The van der Waals surface area contributed by atoms with Gasteiger partial charge in [0.2, 0.25) is 5.91 Å². The van der Waals surface area contributed by atoms with E-state index in [0.717, 1.165) is 28.5 Å². The summed E-state index contributed by atoms with van der Waals surface area (Å²) < 4.78 is 7.15. The SMILES string of the molecule is C=CCn1c(SCC(=O)Nc2ccc(N(C)C)cc2)nnc1-c1ccc(OC)cc1. The number of allylic oxidation sites excluding steroid dienone is 1. The van der Waals surface area contributed by atoms with Crippen LogP contribution in [-0.2, 0) is 11.3 Å². The number of nitrogens with one attached hydrogen (secondary N) is 1. The van der Waals surface area contributed by atoms with E-state index in [-0.39, 0.29) is 11.7 Å². The summed E-state index contributed by atoms with van der Waals surface area (Å²) in [6.45, 7) is 4.37. The predicted molar refractivity (Wildman–Crippen MR) is 122 cm³/mol. The first-order valence-corrected chi connectivity index (χ1v) is 10.4. The number of aromatic nitrogens is 3. The van der Waals surface area contributed by atoms with Crippen LogP contribution >= 0.6 is 11.8 Å². The summed E-state index contributed by atoms with van der Waals surface area (Å²) in [4.78, 5) is 14.4. The van der Waals surface area contributed by atoms with Gasteiger partial charge in [-0.1, -0.05) is 17.8 Å². The lowest BCUT2D eigenvalue weighted by atomic mass is 10.2. The minimum atomic E-state index is -0.100. The Hall–Kier alpha value is -3.26. The molecule has 3 rings (SSSR count). The fraction of sp³-hybridized carbons (Fsp3) is 0.227. The number of anilines is 2. The third kappa shape index (κ3) is 5.21. The van der Waals surface area contributed by atoms with Gasteiger partial charge in [0.1, 0.15) is 5.75 Å². The van der Waals surface area contributed by atoms with Crippen molar-refractivity contribution in [2.24, 2.45) is 0 Å². The Kier molecular flexibility index (Phi) is 7.13. The molecule has 0 fully saturated rings. The third-order valence-corrected chi connectivity index (χ3v) is 5.34. The molecule has 0 atom stereocenters. The first-order chi connectivity index (χ1) is 14.5. The molecule has 30 heavy (non-hydrogen) atoms. The number of benzene rings is 2. The number of thioether (sulfide) groups is 1. The molecule has 0 aliphatic carbocycles. The minimum Gasteiger partial charge on any atom is -0.497 e. The molecule has 0 saturated carbocycles. The Morgan fingerprint density at radius 2 is 1.87 bits per heavy atom. The highest BCUT2D eigenvalue weighted by atomic mass is 32.2. The van der Waals surface area contributed by atoms with Crippen molar-refractivity contribution < 1.29 is 9.53 Å². The normalized spacial score (nSPS) is 10.5. The van der Waals surface area contributed by atoms with E-state index in [4.69, 9.17) is 4.74 Å². The lowest BCUT2D eigenvalue weighted by Gasteiger charge is -2.13. The second kappa shape index (κ2) is 9.98. The van der Waals surface area contributed by atoms with E-state index in [1.807, 2.05) is 72.1 Å². The maximum Gasteiger partial charge on any atom is 0.234 e. The van der Waals surface area contributed by atoms with Gasteiger partial charge in [-0.2, -0.15) is 0 Å². The number of hydrogen-bond donors (Lipinski definition) is 1. The van der Waals surface area contributed by atoms with Crippen molar-refractivity contribution in [1.82, 2.24) is 14.8 Å². The number of methoxy groups -OCH3 is 1. The van der Waals surface area contributed by atoms with Crippen LogP contribution < -0.4 is 15.0 Å². The highest BCUT2D eigenvalue weighted by Gasteiger charge is 2.15. The molecule has 0 saturated heterocycles. The molecule has 0 unspecified atom stereocenters. The van der Waals surface area contributed by atoms with Gasteiger partial charge in [-0.25, -0.2) is 0 Å². The van der Waals surface area contributed by atoms with Crippen LogP contribution in [-0.4, -0.2) is 47.6 Å². The fourth-order valence-electron chi connectivity index (χ4n) is 2.81. The van der Waals surface area contributed by atoms with Crippen molar-refractivity contribution in [2.45, 2.75) is 11.7 Å². The molecule has 0 aliphatic heterocycles. The number of amides is 1. The Bertz CT molecular complexity index is 997. The van der Waals surface area contributed by atoms with Crippen LogP contribution in [0.3, 0.4) is 0 Å². The molecule has 0 spiro atoms. The average Bonchev–Trinajstić information content (AvgIpc) is 3.15. The van der Waals surface area contributed by atoms with E-state index in [2.05, 4.69) is 22.1 Å². The van der Waals surface area contributed by atoms with Crippen LogP contribution in [0.1, 0.15) is 0 Å². The number of nitrogens with zero attached hydrogens (tertiary/aromatic N) is 4. The highest BCUT2D eigenvalue weighted by Crippen LogP contribution is 2.26. The molecule has 156 valence electrons. The smallest absolute Gasteiger partial charge is 0.234 e. The molecule has 1 heterocycles. The highest BCUT2D eigenvalue weighted by molar-refractivity contribution is 7.99. The predicted octanol–water partition coefficient (Wildman–Crippen LogP) is 3.94.